The summed E-state index contributed by atoms with van der Waals surface area (Å²) in [4.78, 5) is 11.7. The topological polar surface area (TPSA) is 20.9 Å². The Morgan fingerprint density at radius 2 is 2.11 bits per heavy atom. The van der Waals surface area contributed by atoms with Gasteiger partial charge in [0.05, 0.1) is 0 Å². The first-order valence-electron chi connectivity index (χ1n) is 6.75. The van der Waals surface area contributed by atoms with Gasteiger partial charge in [0.1, 0.15) is 0 Å². The molecule has 1 aliphatic rings. The molecule has 1 aromatic rings. The van der Waals surface area contributed by atoms with E-state index in [2.05, 4.69) is 22.9 Å². The number of nitrogens with zero attached hydrogens (tertiary/aromatic N) is 1. The predicted molar refractivity (Wildman–Crippen MR) is 67.9 cm³/mol. The smallest absolute Gasteiger partial charge is 0.213 e. The van der Waals surface area contributed by atoms with Crippen LogP contribution < -0.4 is 4.57 Å². The van der Waals surface area contributed by atoms with Gasteiger partial charge in [0.15, 0.2) is 18.2 Å². The van der Waals surface area contributed by atoms with Crippen molar-refractivity contribution < 1.29 is 42.1 Å². The van der Waals surface area contributed by atoms with Gasteiger partial charge in [-0.2, -0.15) is 4.57 Å². The first-order chi connectivity index (χ1) is 8.22. The van der Waals surface area contributed by atoms with Gasteiger partial charge in [0.25, 0.3) is 0 Å². The minimum Gasteiger partial charge on any atom is -0.292 e. The van der Waals surface area contributed by atoms with Gasteiger partial charge in [0.2, 0.25) is 6.04 Å². The average molecular weight is 321 g/mol. The average Bonchev–Trinajstić information content (AvgIpc) is 2.91. The number of hydrogen-bond donors (Lipinski definition) is 0. The van der Waals surface area contributed by atoms with Crippen LogP contribution in [0.4, 0.5) is 0 Å². The second-order valence-corrected chi connectivity index (χ2v) is 5.06. The van der Waals surface area contributed by atoms with E-state index < -0.39 is 0 Å². The molecule has 0 aliphatic heterocycles. The number of Topliss-reactive ketones (excluding diaryl/α,β-unsaturated/α-hetero) is 1. The number of aromatic nitrogens is 1. The van der Waals surface area contributed by atoms with Crippen LogP contribution in [0.2, 0.25) is 0 Å². The molecule has 1 radical (unpaired) electrons. The molecule has 1 fully saturated rings. The summed E-state index contributed by atoms with van der Waals surface area (Å²) in [6.45, 7) is 3.92. The second-order valence-electron chi connectivity index (χ2n) is 5.06. The van der Waals surface area contributed by atoms with E-state index in [1.165, 1.54) is 31.2 Å². The van der Waals surface area contributed by atoms with Crippen LogP contribution in [0.25, 0.3) is 0 Å². The molecule has 1 aliphatic carbocycles. The third-order valence-corrected chi connectivity index (χ3v) is 3.93. The quantitative estimate of drug-likeness (QED) is 0.781. The number of pyridine rings is 1. The van der Waals surface area contributed by atoms with Crippen molar-refractivity contribution in [1.29, 1.82) is 0 Å². The summed E-state index contributed by atoms with van der Waals surface area (Å²) in [5.41, 5.74) is 1.40. The fourth-order valence-electron chi connectivity index (χ4n) is 2.71. The SMILES string of the molecule is CCC(=O)C(C)[n+]1cccc(C2CCCC2)c1.[Y]. The molecular weight excluding hydrogens is 299 g/mol. The molecule has 1 atom stereocenters. The number of carbonyl (C=O) groups is 1. The van der Waals surface area contributed by atoms with Gasteiger partial charge in [-0.3, -0.25) is 4.79 Å². The fraction of sp³-hybridized carbons (Fsp3) is 0.600. The Kier molecular flexibility index (Phi) is 6.66. The number of carbonyl (C=O) groups excluding carboxylic acids is 1. The molecule has 0 aromatic carbocycles. The first-order valence-corrected chi connectivity index (χ1v) is 6.75. The molecule has 95 valence electrons. The van der Waals surface area contributed by atoms with Crippen molar-refractivity contribution in [2.75, 3.05) is 0 Å². The minimum atomic E-state index is -0.0265. The van der Waals surface area contributed by atoms with Crippen molar-refractivity contribution in [3.05, 3.63) is 30.1 Å². The van der Waals surface area contributed by atoms with Gasteiger partial charge in [-0.25, -0.2) is 0 Å². The van der Waals surface area contributed by atoms with E-state index in [0.717, 1.165) is 0 Å². The number of hydrogen-bond acceptors (Lipinski definition) is 1. The van der Waals surface area contributed by atoms with Crippen LogP contribution in [-0.4, -0.2) is 5.78 Å². The summed E-state index contributed by atoms with van der Waals surface area (Å²) >= 11 is 0. The molecule has 1 unspecified atom stereocenters. The van der Waals surface area contributed by atoms with E-state index in [1.54, 1.807) is 0 Å². The van der Waals surface area contributed by atoms with Crippen molar-refractivity contribution in [2.45, 2.75) is 57.9 Å². The van der Waals surface area contributed by atoms with E-state index >= 15 is 0 Å². The molecule has 1 aromatic heterocycles. The van der Waals surface area contributed by atoms with Gasteiger partial charge in [-0.15, -0.1) is 0 Å². The van der Waals surface area contributed by atoms with E-state index in [0.29, 0.717) is 18.1 Å². The molecule has 1 heterocycles. The summed E-state index contributed by atoms with van der Waals surface area (Å²) in [7, 11) is 0. The van der Waals surface area contributed by atoms with Gasteiger partial charge in [-0.1, -0.05) is 19.8 Å². The van der Waals surface area contributed by atoms with Crippen molar-refractivity contribution in [3.63, 3.8) is 0 Å². The van der Waals surface area contributed by atoms with E-state index in [-0.39, 0.29) is 38.8 Å². The predicted octanol–water partition coefficient (Wildman–Crippen LogP) is 3.17. The van der Waals surface area contributed by atoms with Crippen LogP contribution in [0.5, 0.6) is 0 Å². The van der Waals surface area contributed by atoms with Crippen LogP contribution in [0, 0.1) is 0 Å². The summed E-state index contributed by atoms with van der Waals surface area (Å²) in [5, 5.41) is 0. The third kappa shape index (κ3) is 3.71. The third-order valence-electron chi connectivity index (χ3n) is 3.93. The van der Waals surface area contributed by atoms with Crippen molar-refractivity contribution in [1.82, 2.24) is 0 Å². The molecule has 0 N–H and O–H groups in total. The summed E-state index contributed by atoms with van der Waals surface area (Å²) in [6.07, 6.45) is 10.1. The molecule has 0 bridgehead atoms. The first kappa shape index (κ1) is 16.0. The molecule has 3 heteroatoms. The van der Waals surface area contributed by atoms with Crippen LogP contribution >= 0.6 is 0 Å². The Hall–Kier alpha value is -0.0761. The standard InChI is InChI=1S/C15H22NO.Y/c1-3-15(17)12(2)16-10-6-9-14(11-16)13-7-4-5-8-13;/h6,9-13H,3-5,7-8H2,1-2H3;/q+1;. The maximum atomic E-state index is 11.7. The fourth-order valence-corrected chi connectivity index (χ4v) is 2.71. The maximum absolute atomic E-state index is 11.7. The molecule has 1 saturated carbocycles. The van der Waals surface area contributed by atoms with Crippen molar-refractivity contribution >= 4 is 5.78 Å². The van der Waals surface area contributed by atoms with Crippen molar-refractivity contribution in [2.24, 2.45) is 0 Å². The Balaban J connectivity index is 0.00000162. The molecule has 2 nitrogen and oxygen atoms in total. The van der Waals surface area contributed by atoms with E-state index in [9.17, 15) is 4.79 Å². The molecular formula is C15H22NOY+. The summed E-state index contributed by atoms with van der Waals surface area (Å²) < 4.78 is 2.07. The Morgan fingerprint density at radius 1 is 1.44 bits per heavy atom. The van der Waals surface area contributed by atoms with Crippen LogP contribution in [0.3, 0.4) is 0 Å². The van der Waals surface area contributed by atoms with Crippen LogP contribution in [-0.2, 0) is 37.5 Å². The normalized spacial score (nSPS) is 17.2. The zero-order valence-electron chi connectivity index (χ0n) is 11.4. The van der Waals surface area contributed by atoms with Crippen molar-refractivity contribution in [3.8, 4) is 0 Å². The zero-order valence-corrected chi connectivity index (χ0v) is 14.3. The molecule has 0 spiro atoms. The Bertz CT molecular complexity index is 399. The molecule has 0 amide bonds. The van der Waals surface area contributed by atoms with Gasteiger partial charge in [0, 0.05) is 57.7 Å². The molecule has 2 rings (SSSR count). The molecule has 0 saturated heterocycles. The van der Waals surface area contributed by atoms with Crippen LogP contribution in [0.1, 0.15) is 63.5 Å². The Morgan fingerprint density at radius 3 is 2.72 bits per heavy atom. The molecule has 18 heavy (non-hydrogen) atoms. The van der Waals surface area contributed by atoms with E-state index in [1.807, 2.05) is 20.0 Å². The Labute approximate surface area is 135 Å². The monoisotopic (exact) mass is 321 g/mol. The van der Waals surface area contributed by atoms with Gasteiger partial charge >= 0.3 is 0 Å². The van der Waals surface area contributed by atoms with Gasteiger partial charge in [-0.05, 0) is 24.8 Å². The summed E-state index contributed by atoms with van der Waals surface area (Å²) in [5.74, 6) is 1.02. The maximum Gasteiger partial charge on any atom is 0.213 e. The van der Waals surface area contributed by atoms with Crippen LogP contribution in [0.15, 0.2) is 24.5 Å². The number of ketones is 1. The van der Waals surface area contributed by atoms with Gasteiger partial charge < -0.3 is 0 Å². The number of rotatable bonds is 4. The van der Waals surface area contributed by atoms with E-state index in [4.69, 9.17) is 0 Å². The minimum absolute atomic E-state index is 0. The largest absolute Gasteiger partial charge is 0.292 e. The summed E-state index contributed by atoms with van der Waals surface area (Å²) in [6, 6.07) is 4.25. The zero-order chi connectivity index (χ0) is 12.3. The second kappa shape index (κ2) is 7.50.